The van der Waals surface area contributed by atoms with E-state index in [4.69, 9.17) is 19.4 Å². The maximum absolute atomic E-state index is 6.08. The summed E-state index contributed by atoms with van der Waals surface area (Å²) in [7, 11) is 0. The van der Waals surface area contributed by atoms with Gasteiger partial charge in [0.2, 0.25) is 0 Å². The first kappa shape index (κ1) is 27.0. The largest absolute Gasteiger partial charge is 0.456 e. The molecule has 7 aromatic carbocycles. The second-order valence-corrected chi connectivity index (χ2v) is 11.7. The molecule has 2 aromatic heterocycles. The van der Waals surface area contributed by atoms with Crippen LogP contribution in [0.5, 0.6) is 0 Å². The molecule has 2 heterocycles. The lowest BCUT2D eigenvalue weighted by Crippen LogP contribution is -2.00. The van der Waals surface area contributed by atoms with Gasteiger partial charge in [0.25, 0.3) is 0 Å². The summed E-state index contributed by atoms with van der Waals surface area (Å²) in [4.78, 5) is 14.9. The van der Waals surface area contributed by atoms with Gasteiger partial charge in [0.1, 0.15) is 11.2 Å². The van der Waals surface area contributed by atoms with E-state index in [9.17, 15) is 0 Å². The Morgan fingerprint density at radius 1 is 0.319 bits per heavy atom. The Balaban J connectivity index is 1.16. The van der Waals surface area contributed by atoms with Crippen LogP contribution >= 0.6 is 0 Å². The van der Waals surface area contributed by atoms with Gasteiger partial charge in [0.05, 0.1) is 0 Å². The second kappa shape index (κ2) is 11.2. The van der Waals surface area contributed by atoms with Crippen LogP contribution in [0.3, 0.4) is 0 Å². The van der Waals surface area contributed by atoms with Crippen molar-refractivity contribution >= 4 is 32.7 Å². The molecule has 0 unspecified atom stereocenters. The molecule has 9 aromatic rings. The number of nitrogens with zero attached hydrogens (tertiary/aromatic N) is 3. The van der Waals surface area contributed by atoms with Gasteiger partial charge in [-0.05, 0) is 69.4 Å². The Hall–Kier alpha value is -6.39. The van der Waals surface area contributed by atoms with Crippen molar-refractivity contribution in [2.75, 3.05) is 0 Å². The zero-order valence-electron chi connectivity index (χ0n) is 25.3. The number of aromatic nitrogens is 3. The van der Waals surface area contributed by atoms with Crippen molar-refractivity contribution in [1.82, 2.24) is 15.0 Å². The van der Waals surface area contributed by atoms with Crippen LogP contribution in [0.25, 0.3) is 89.1 Å². The molecule has 4 heteroatoms. The molecule has 0 aliphatic rings. The lowest BCUT2D eigenvalue weighted by molar-refractivity contribution is 0.669. The molecule has 0 amide bonds. The van der Waals surface area contributed by atoms with Crippen LogP contribution in [0.1, 0.15) is 0 Å². The molecular weight excluding hydrogens is 574 g/mol. The Labute approximate surface area is 271 Å². The van der Waals surface area contributed by atoms with Crippen LogP contribution < -0.4 is 0 Å². The third-order valence-electron chi connectivity index (χ3n) is 8.73. The first-order valence-corrected chi connectivity index (χ1v) is 15.7. The number of fused-ring (bicyclic) bond motifs is 4. The minimum absolute atomic E-state index is 0.617. The van der Waals surface area contributed by atoms with Gasteiger partial charge in [0, 0.05) is 27.5 Å². The van der Waals surface area contributed by atoms with Crippen molar-refractivity contribution in [2.24, 2.45) is 0 Å². The third kappa shape index (κ3) is 4.93. The summed E-state index contributed by atoms with van der Waals surface area (Å²) in [5, 5.41) is 4.54. The molecule has 0 N–H and O–H groups in total. The molecule has 0 spiro atoms. The maximum Gasteiger partial charge on any atom is 0.164 e. The lowest BCUT2D eigenvalue weighted by atomic mass is 9.92. The highest BCUT2D eigenvalue weighted by Crippen LogP contribution is 2.36. The summed E-state index contributed by atoms with van der Waals surface area (Å²) in [5.74, 6) is 1.88. The van der Waals surface area contributed by atoms with E-state index in [0.29, 0.717) is 17.5 Å². The van der Waals surface area contributed by atoms with Crippen molar-refractivity contribution in [3.63, 3.8) is 0 Å². The summed E-state index contributed by atoms with van der Waals surface area (Å²) in [6, 6.07) is 56.5. The fraction of sp³-hybridized carbons (Fsp3) is 0. The van der Waals surface area contributed by atoms with Crippen LogP contribution in [-0.4, -0.2) is 15.0 Å². The van der Waals surface area contributed by atoms with E-state index >= 15 is 0 Å². The highest BCUT2D eigenvalue weighted by Gasteiger charge is 2.15. The minimum atomic E-state index is 0.617. The number of rotatable bonds is 5. The maximum atomic E-state index is 6.08. The molecule has 0 radical (unpaired) electrons. The predicted molar refractivity (Wildman–Crippen MR) is 192 cm³/mol. The van der Waals surface area contributed by atoms with Gasteiger partial charge in [0.15, 0.2) is 17.5 Å². The van der Waals surface area contributed by atoms with E-state index in [1.165, 1.54) is 27.5 Å². The van der Waals surface area contributed by atoms with Gasteiger partial charge in [-0.3, -0.25) is 0 Å². The number of hydrogen-bond acceptors (Lipinski definition) is 4. The average Bonchev–Trinajstić information content (AvgIpc) is 3.53. The van der Waals surface area contributed by atoms with E-state index in [-0.39, 0.29) is 0 Å². The van der Waals surface area contributed by atoms with Crippen LogP contribution in [0.15, 0.2) is 168 Å². The number of hydrogen-bond donors (Lipinski definition) is 0. The van der Waals surface area contributed by atoms with Crippen molar-refractivity contribution in [3.8, 4) is 56.4 Å². The molecule has 0 aliphatic carbocycles. The van der Waals surface area contributed by atoms with E-state index in [1.54, 1.807) is 0 Å². The lowest BCUT2D eigenvalue weighted by Gasteiger charge is -2.12. The Kier molecular flexibility index (Phi) is 6.43. The topological polar surface area (TPSA) is 51.8 Å². The first-order valence-electron chi connectivity index (χ1n) is 15.7. The van der Waals surface area contributed by atoms with E-state index in [1.807, 2.05) is 60.7 Å². The average molecular weight is 602 g/mol. The fourth-order valence-electron chi connectivity index (χ4n) is 6.36. The molecule has 0 saturated carbocycles. The van der Waals surface area contributed by atoms with Gasteiger partial charge in [-0.25, -0.2) is 15.0 Å². The summed E-state index contributed by atoms with van der Waals surface area (Å²) in [6.07, 6.45) is 0. The molecule has 4 nitrogen and oxygen atoms in total. The van der Waals surface area contributed by atoms with Gasteiger partial charge in [-0.15, -0.1) is 0 Å². The van der Waals surface area contributed by atoms with Gasteiger partial charge in [-0.2, -0.15) is 0 Å². The highest BCUT2D eigenvalue weighted by atomic mass is 16.3. The quantitative estimate of drug-likeness (QED) is 0.197. The van der Waals surface area contributed by atoms with E-state index in [0.717, 1.165) is 44.2 Å². The molecule has 220 valence electrons. The van der Waals surface area contributed by atoms with Crippen molar-refractivity contribution in [1.29, 1.82) is 0 Å². The van der Waals surface area contributed by atoms with Crippen LogP contribution in [0.2, 0.25) is 0 Å². The van der Waals surface area contributed by atoms with Gasteiger partial charge in [-0.1, -0.05) is 127 Å². The number of furan rings is 1. The zero-order valence-corrected chi connectivity index (χ0v) is 25.3. The second-order valence-electron chi connectivity index (χ2n) is 11.7. The summed E-state index contributed by atoms with van der Waals surface area (Å²) < 4.78 is 6.08. The number of para-hydroxylation sites is 1. The molecule has 9 rings (SSSR count). The third-order valence-corrected chi connectivity index (χ3v) is 8.73. The Morgan fingerprint density at radius 2 is 0.851 bits per heavy atom. The fourth-order valence-corrected chi connectivity index (χ4v) is 6.36. The van der Waals surface area contributed by atoms with Crippen LogP contribution in [0.4, 0.5) is 0 Å². The highest BCUT2D eigenvalue weighted by molar-refractivity contribution is 6.06. The summed E-state index contributed by atoms with van der Waals surface area (Å²) in [5.41, 5.74) is 9.19. The van der Waals surface area contributed by atoms with Crippen LogP contribution in [0, 0.1) is 0 Å². The molecule has 0 atom stereocenters. The number of benzene rings is 7. The first-order chi connectivity index (χ1) is 23.3. The SMILES string of the molecule is c1ccc(-c2cc(-c3ccc(-c4nc(-c5ccccc5)nc(-c5ccc6oc7ccccc7c6c5)n4)cc3)c3ccccc3c2)cc1. The van der Waals surface area contributed by atoms with Gasteiger partial charge >= 0.3 is 0 Å². The predicted octanol–water partition coefficient (Wildman–Crippen LogP) is 11.3. The van der Waals surface area contributed by atoms with Crippen molar-refractivity contribution in [3.05, 3.63) is 164 Å². The molecule has 0 fully saturated rings. The van der Waals surface area contributed by atoms with Gasteiger partial charge < -0.3 is 4.42 Å². The summed E-state index contributed by atoms with van der Waals surface area (Å²) >= 11 is 0. The molecule has 0 bridgehead atoms. The monoisotopic (exact) mass is 601 g/mol. The standard InChI is InChI=1S/C43H27N3O/c1-3-11-28(12-4-1)34-25-32-15-7-8-16-35(32)37(27-34)29-19-21-31(22-20-29)42-44-41(30-13-5-2-6-14-30)45-43(46-42)33-23-24-40-38(26-33)36-17-9-10-18-39(36)47-40/h1-27H. The van der Waals surface area contributed by atoms with Crippen molar-refractivity contribution < 1.29 is 4.42 Å². The molecule has 47 heavy (non-hydrogen) atoms. The minimum Gasteiger partial charge on any atom is -0.456 e. The smallest absolute Gasteiger partial charge is 0.164 e. The summed E-state index contributed by atoms with van der Waals surface area (Å²) in [6.45, 7) is 0. The Morgan fingerprint density at radius 3 is 1.60 bits per heavy atom. The van der Waals surface area contributed by atoms with Crippen molar-refractivity contribution in [2.45, 2.75) is 0 Å². The molecule has 0 aliphatic heterocycles. The normalized spacial score (nSPS) is 11.4. The molecular formula is C43H27N3O. The van der Waals surface area contributed by atoms with Crippen LogP contribution in [-0.2, 0) is 0 Å². The Bertz CT molecular complexity index is 2550. The zero-order chi connectivity index (χ0) is 31.2. The van der Waals surface area contributed by atoms with E-state index in [2.05, 4.69) is 103 Å². The van der Waals surface area contributed by atoms with E-state index < -0.39 is 0 Å². The molecule has 0 saturated heterocycles.